The van der Waals surface area contributed by atoms with Crippen LogP contribution in [0, 0.1) is 0 Å². The molecule has 3 rings (SSSR count). The van der Waals surface area contributed by atoms with E-state index in [0.29, 0.717) is 0 Å². The van der Waals surface area contributed by atoms with Crippen LogP contribution in [0.5, 0.6) is 0 Å². The Kier molecular flexibility index (Phi) is 5.33. The molecule has 1 heterocycles. The summed E-state index contributed by atoms with van der Waals surface area (Å²) in [6.45, 7) is 1.49. The topological polar surface area (TPSA) is 39.1 Å². The molecule has 1 aliphatic carbocycles. The first-order valence-electron chi connectivity index (χ1n) is 7.28. The Balaban J connectivity index is 2.25. The van der Waals surface area contributed by atoms with Gasteiger partial charge in [-0.1, -0.05) is 0 Å². The van der Waals surface area contributed by atoms with Crippen LogP contribution in [0.15, 0.2) is 53.7 Å². The first kappa shape index (κ1) is 20.3. The van der Waals surface area contributed by atoms with E-state index in [4.69, 9.17) is 11.6 Å². The van der Waals surface area contributed by atoms with Crippen molar-refractivity contribution in [3.63, 3.8) is 0 Å². The number of alkyl halides is 4. The van der Waals surface area contributed by atoms with Gasteiger partial charge < -0.3 is 0 Å². The summed E-state index contributed by atoms with van der Waals surface area (Å²) in [5.41, 5.74) is 0.220. The van der Waals surface area contributed by atoms with E-state index in [9.17, 15) is 21.6 Å². The molecule has 26 heavy (non-hydrogen) atoms. The molecule has 3 nitrogen and oxygen atoms in total. The van der Waals surface area contributed by atoms with E-state index in [0.717, 1.165) is 10.2 Å². The summed E-state index contributed by atoms with van der Waals surface area (Å²) in [6, 6.07) is 6.20. The third-order valence-corrected chi connectivity index (χ3v) is 10.9. The second-order valence-corrected chi connectivity index (χ2v) is 12.0. The first-order chi connectivity index (χ1) is 12.0. The summed E-state index contributed by atoms with van der Waals surface area (Å²) >= 11 is 6.37. The molecule has 0 saturated carbocycles. The van der Waals surface area contributed by atoms with E-state index in [1.165, 1.54) is 25.1 Å². The number of hydrogen-bond acceptors (Lipinski definition) is 2. The Morgan fingerprint density at radius 1 is 1.31 bits per heavy atom. The van der Waals surface area contributed by atoms with Crippen LogP contribution < -0.4 is 4.46 Å². The maximum absolute atomic E-state index is 13.4. The molecule has 2 atom stereocenters. The zero-order valence-electron chi connectivity index (χ0n) is 13.2. The minimum absolute atomic E-state index is 0.0239. The molecule has 1 aromatic carbocycles. The van der Waals surface area contributed by atoms with Gasteiger partial charge in [0.2, 0.25) is 0 Å². The van der Waals surface area contributed by atoms with E-state index >= 15 is 0 Å². The van der Waals surface area contributed by atoms with Gasteiger partial charge in [-0.2, -0.15) is 0 Å². The van der Waals surface area contributed by atoms with E-state index in [2.05, 4.69) is 0 Å². The first-order valence-corrected chi connectivity index (χ1v) is 12.1. The second-order valence-electron chi connectivity index (χ2n) is 5.77. The van der Waals surface area contributed by atoms with Crippen LogP contribution in [0.2, 0.25) is 0 Å². The molecule has 2 aromatic rings. The number of halogens is 5. The number of hydrogen-bond donors (Lipinski definition) is 0. The summed E-state index contributed by atoms with van der Waals surface area (Å²) < 4.78 is 64.7. The molecule has 1 aromatic heterocycles. The van der Waals surface area contributed by atoms with Crippen molar-refractivity contribution < 1.29 is 21.6 Å². The standard InChI is InChI=1S/C16H12ClF3INO2SSe/c1-15(13(17)7-4-8-14(15)21)25(23,24)22-9-12(26-16(18,19)20)10-5-2-3-6-11(10)22/h2-9,14H,1H3. The normalized spacial score (nSPS) is 24.1. The molecule has 0 fully saturated rings. The van der Waals surface area contributed by atoms with Crippen LogP contribution in [0.4, 0.5) is 13.2 Å². The second kappa shape index (κ2) is 6.84. The van der Waals surface area contributed by atoms with Crippen LogP contribution in [0.1, 0.15) is 6.92 Å². The van der Waals surface area contributed by atoms with Gasteiger partial charge in [0.05, 0.1) is 0 Å². The Morgan fingerprint density at radius 2 is 1.96 bits per heavy atom. The monoisotopic (exact) mass is 581 g/mol. The number of allylic oxidation sites excluding steroid dienone is 3. The van der Waals surface area contributed by atoms with Crippen molar-refractivity contribution >= 4 is 74.5 Å². The molecule has 0 saturated heterocycles. The fourth-order valence-electron chi connectivity index (χ4n) is 2.71. The molecular formula is C16H12ClF3INO2SSe. The molecule has 0 radical (unpaired) electrons. The number of fused-ring (bicyclic) bond motifs is 1. The van der Waals surface area contributed by atoms with Gasteiger partial charge in [-0.25, -0.2) is 0 Å². The molecule has 0 amide bonds. The van der Waals surface area contributed by atoms with Gasteiger partial charge in [0, 0.05) is 0 Å². The number of aromatic nitrogens is 1. The number of rotatable bonds is 3. The van der Waals surface area contributed by atoms with Gasteiger partial charge in [-0.05, 0) is 0 Å². The van der Waals surface area contributed by atoms with Crippen molar-refractivity contribution in [2.45, 2.75) is 20.7 Å². The average Bonchev–Trinajstić information content (AvgIpc) is 2.90. The third-order valence-electron chi connectivity index (χ3n) is 4.19. The van der Waals surface area contributed by atoms with Crippen molar-refractivity contribution in [1.82, 2.24) is 3.97 Å². The minimum atomic E-state index is -4.38. The predicted octanol–water partition coefficient (Wildman–Crippen LogP) is 3.92. The molecule has 2 unspecified atom stereocenters. The molecule has 0 N–H and O–H groups in total. The van der Waals surface area contributed by atoms with Gasteiger partial charge in [0.15, 0.2) is 0 Å². The van der Waals surface area contributed by atoms with Crippen molar-refractivity contribution in [2.75, 3.05) is 0 Å². The summed E-state index contributed by atoms with van der Waals surface area (Å²) in [5, 5.41) is -3.97. The SMILES string of the molecule is CC1(S(=O)(=O)n2cc([Se]C(F)(F)F)c3ccccc32)C(Cl)=CC=CC1I. The fraction of sp³-hybridized carbons (Fsp3) is 0.250. The Morgan fingerprint density at radius 3 is 2.58 bits per heavy atom. The zero-order valence-corrected chi connectivity index (χ0v) is 18.6. The van der Waals surface area contributed by atoms with Crippen LogP contribution in [0.3, 0.4) is 0 Å². The van der Waals surface area contributed by atoms with Gasteiger partial charge in [0.25, 0.3) is 0 Å². The number of benzene rings is 1. The quantitative estimate of drug-likeness (QED) is 0.314. The van der Waals surface area contributed by atoms with Crippen LogP contribution in [-0.2, 0) is 10.0 Å². The summed E-state index contributed by atoms with van der Waals surface area (Å²) in [7, 11) is -4.12. The molecule has 0 aliphatic heterocycles. The average molecular weight is 581 g/mol. The molecular weight excluding hydrogens is 569 g/mol. The van der Waals surface area contributed by atoms with Gasteiger partial charge in [-0.3, -0.25) is 0 Å². The fourth-order valence-corrected chi connectivity index (χ4v) is 8.27. The van der Waals surface area contributed by atoms with Crippen molar-refractivity contribution in [3.05, 3.63) is 53.7 Å². The zero-order chi connectivity index (χ0) is 19.3. The summed E-state index contributed by atoms with van der Waals surface area (Å²) in [4.78, 5) is 0. The Hall–Kier alpha value is -0.481. The summed E-state index contributed by atoms with van der Waals surface area (Å²) in [5.74, 6) is 0. The molecule has 0 bridgehead atoms. The van der Waals surface area contributed by atoms with Gasteiger partial charge >= 0.3 is 174 Å². The van der Waals surface area contributed by atoms with Crippen molar-refractivity contribution in [2.24, 2.45) is 0 Å². The molecule has 140 valence electrons. The van der Waals surface area contributed by atoms with Crippen molar-refractivity contribution in [3.8, 4) is 0 Å². The van der Waals surface area contributed by atoms with E-state index in [-0.39, 0.29) is 20.4 Å². The predicted molar refractivity (Wildman–Crippen MR) is 107 cm³/mol. The van der Waals surface area contributed by atoms with Crippen LogP contribution >= 0.6 is 34.2 Å². The Bertz CT molecular complexity index is 1030. The molecule has 0 spiro atoms. The molecule has 1 aliphatic rings. The molecule has 10 heteroatoms. The van der Waals surface area contributed by atoms with Gasteiger partial charge in [0.1, 0.15) is 0 Å². The van der Waals surface area contributed by atoms with Crippen LogP contribution in [-0.4, -0.2) is 41.1 Å². The third kappa shape index (κ3) is 3.26. The number of para-hydroxylation sites is 1. The summed E-state index contributed by atoms with van der Waals surface area (Å²) in [6.07, 6.45) is 5.96. The van der Waals surface area contributed by atoms with E-state index in [1.54, 1.807) is 24.3 Å². The van der Waals surface area contributed by atoms with Crippen molar-refractivity contribution in [1.29, 1.82) is 0 Å². The van der Waals surface area contributed by atoms with Crippen LogP contribution in [0.25, 0.3) is 10.9 Å². The van der Waals surface area contributed by atoms with E-state index < -0.39 is 38.7 Å². The number of nitrogens with zero attached hydrogens (tertiary/aromatic N) is 1. The Labute approximate surface area is 173 Å². The van der Waals surface area contributed by atoms with Gasteiger partial charge in [-0.15, -0.1) is 0 Å². The van der Waals surface area contributed by atoms with E-state index in [1.807, 2.05) is 22.6 Å². The maximum atomic E-state index is 13.4.